The summed E-state index contributed by atoms with van der Waals surface area (Å²) in [6, 6.07) is 8.14. The number of hydrogen-bond acceptors (Lipinski definition) is 6. The van der Waals surface area contributed by atoms with Gasteiger partial charge in [-0.3, -0.25) is 14.9 Å². The van der Waals surface area contributed by atoms with Crippen LogP contribution in [0.1, 0.15) is 52.0 Å². The average molecular weight is 419 g/mol. The summed E-state index contributed by atoms with van der Waals surface area (Å²) in [6.45, 7) is 6.27. The van der Waals surface area contributed by atoms with Gasteiger partial charge in [0, 0.05) is 6.54 Å². The molecule has 0 spiro atoms. The fourth-order valence-electron chi connectivity index (χ4n) is 3.70. The quantitative estimate of drug-likeness (QED) is 0.588. The van der Waals surface area contributed by atoms with Crippen LogP contribution in [0.2, 0.25) is 0 Å². The highest BCUT2D eigenvalue weighted by Crippen LogP contribution is 2.17. The summed E-state index contributed by atoms with van der Waals surface area (Å²) in [5, 5.41) is 3.24. The highest BCUT2D eigenvalue weighted by Gasteiger charge is 2.35. The molecule has 1 N–H and O–H groups in total. The van der Waals surface area contributed by atoms with Crippen molar-refractivity contribution < 1.29 is 23.9 Å². The predicted molar refractivity (Wildman–Crippen MR) is 114 cm³/mol. The number of ether oxygens (including phenoxy) is 2. The number of esters is 2. The third kappa shape index (κ3) is 6.83. The van der Waals surface area contributed by atoms with Crippen molar-refractivity contribution in [3.05, 3.63) is 35.9 Å². The van der Waals surface area contributed by atoms with Gasteiger partial charge in [0.15, 0.2) is 0 Å². The van der Waals surface area contributed by atoms with Gasteiger partial charge in [-0.05, 0) is 58.4 Å². The maximum atomic E-state index is 13.2. The molecular formula is C23H34N2O5. The van der Waals surface area contributed by atoms with Crippen LogP contribution < -0.4 is 5.32 Å². The molecule has 0 saturated carbocycles. The maximum absolute atomic E-state index is 13.2. The Morgan fingerprint density at radius 2 is 1.77 bits per heavy atom. The molecule has 1 saturated heterocycles. The molecule has 1 aromatic rings. The molecule has 3 unspecified atom stereocenters. The lowest BCUT2D eigenvalue weighted by Crippen LogP contribution is -2.54. The smallest absolute Gasteiger partial charge is 0.328 e. The van der Waals surface area contributed by atoms with Gasteiger partial charge in [0.2, 0.25) is 5.91 Å². The molecule has 7 heteroatoms. The minimum Gasteiger partial charge on any atom is -0.465 e. The Bertz CT molecular complexity index is 694. The molecule has 3 atom stereocenters. The van der Waals surface area contributed by atoms with Crippen LogP contribution in [0, 0.1) is 0 Å². The second-order valence-electron chi connectivity index (χ2n) is 7.50. The Balaban J connectivity index is 2.10. The first-order chi connectivity index (χ1) is 14.5. The molecular weight excluding hydrogens is 384 g/mol. The molecule has 1 heterocycles. The molecule has 1 aromatic carbocycles. The van der Waals surface area contributed by atoms with Gasteiger partial charge in [0.1, 0.15) is 12.1 Å². The number of carbonyl (C=O) groups excluding carboxylic acids is 3. The van der Waals surface area contributed by atoms with E-state index in [1.165, 1.54) is 0 Å². The van der Waals surface area contributed by atoms with Crippen molar-refractivity contribution in [2.24, 2.45) is 0 Å². The maximum Gasteiger partial charge on any atom is 0.328 e. The molecule has 1 aliphatic heterocycles. The van der Waals surface area contributed by atoms with Crippen molar-refractivity contribution in [2.45, 2.75) is 71.0 Å². The van der Waals surface area contributed by atoms with E-state index in [4.69, 9.17) is 9.47 Å². The van der Waals surface area contributed by atoms with E-state index >= 15 is 0 Å². The summed E-state index contributed by atoms with van der Waals surface area (Å²) in [7, 11) is 0. The number of nitrogens with one attached hydrogen (secondary N) is 1. The Morgan fingerprint density at radius 1 is 1.10 bits per heavy atom. The van der Waals surface area contributed by atoms with E-state index in [0.29, 0.717) is 25.8 Å². The van der Waals surface area contributed by atoms with Gasteiger partial charge in [0.25, 0.3) is 0 Å². The molecule has 0 bridgehead atoms. The zero-order valence-electron chi connectivity index (χ0n) is 18.3. The van der Waals surface area contributed by atoms with E-state index in [9.17, 15) is 14.4 Å². The van der Waals surface area contributed by atoms with Gasteiger partial charge in [-0.25, -0.2) is 4.79 Å². The van der Waals surface area contributed by atoms with E-state index < -0.39 is 24.1 Å². The van der Waals surface area contributed by atoms with Crippen molar-refractivity contribution in [3.8, 4) is 0 Å². The van der Waals surface area contributed by atoms with E-state index in [0.717, 1.165) is 18.4 Å². The van der Waals surface area contributed by atoms with Gasteiger partial charge in [-0.15, -0.1) is 0 Å². The highest BCUT2D eigenvalue weighted by molar-refractivity contribution is 5.88. The second kappa shape index (κ2) is 12.3. The monoisotopic (exact) mass is 418 g/mol. The van der Waals surface area contributed by atoms with Crippen molar-refractivity contribution >= 4 is 17.8 Å². The summed E-state index contributed by atoms with van der Waals surface area (Å²) in [5.74, 6) is -0.921. The number of benzene rings is 1. The van der Waals surface area contributed by atoms with Crippen LogP contribution in [0.25, 0.3) is 0 Å². The van der Waals surface area contributed by atoms with Gasteiger partial charge in [-0.2, -0.15) is 0 Å². The zero-order valence-corrected chi connectivity index (χ0v) is 18.3. The number of carbonyl (C=O) groups is 3. The third-order valence-electron chi connectivity index (χ3n) is 5.36. The standard InChI is InChI=1S/C23H34N2O5/c1-4-29-22(27)17(3)25-16-10-9-13-19(21(25)26)24-20(23(28)30-5-2)15-14-18-11-7-6-8-12-18/h6-8,11-12,17,19-20,24H,4-5,9-10,13-16H2,1-3H3. The minimum absolute atomic E-state index is 0.165. The first-order valence-corrected chi connectivity index (χ1v) is 10.9. The number of likely N-dealkylation sites (tertiary alicyclic amines) is 1. The number of rotatable bonds is 10. The summed E-state index contributed by atoms with van der Waals surface area (Å²) in [6.07, 6.45) is 3.48. The second-order valence-corrected chi connectivity index (χ2v) is 7.50. The zero-order chi connectivity index (χ0) is 21.9. The number of aryl methyl sites for hydroxylation is 1. The molecule has 0 radical (unpaired) electrons. The lowest BCUT2D eigenvalue weighted by molar-refractivity contribution is -0.155. The van der Waals surface area contributed by atoms with Gasteiger partial charge < -0.3 is 14.4 Å². The van der Waals surface area contributed by atoms with E-state index in [2.05, 4.69) is 5.32 Å². The predicted octanol–water partition coefficient (Wildman–Crippen LogP) is 2.47. The number of nitrogens with zero attached hydrogens (tertiary/aromatic N) is 1. The fraction of sp³-hybridized carbons (Fsp3) is 0.609. The molecule has 2 rings (SSSR count). The molecule has 7 nitrogen and oxygen atoms in total. The molecule has 0 aromatic heterocycles. The number of hydrogen-bond donors (Lipinski definition) is 1. The molecule has 0 aliphatic carbocycles. The van der Waals surface area contributed by atoms with E-state index in [-0.39, 0.29) is 25.1 Å². The van der Waals surface area contributed by atoms with Crippen LogP contribution >= 0.6 is 0 Å². The van der Waals surface area contributed by atoms with Gasteiger partial charge in [0.05, 0.1) is 19.3 Å². The third-order valence-corrected chi connectivity index (χ3v) is 5.36. The fourth-order valence-corrected chi connectivity index (χ4v) is 3.70. The number of amides is 1. The van der Waals surface area contributed by atoms with Crippen LogP contribution in [-0.4, -0.2) is 60.6 Å². The molecule has 1 fully saturated rings. The van der Waals surface area contributed by atoms with Gasteiger partial charge in [-0.1, -0.05) is 30.3 Å². The van der Waals surface area contributed by atoms with Crippen LogP contribution in [-0.2, 0) is 30.3 Å². The van der Waals surface area contributed by atoms with Crippen LogP contribution in [0.15, 0.2) is 30.3 Å². The summed E-state index contributed by atoms with van der Waals surface area (Å²) in [5.41, 5.74) is 1.12. The topological polar surface area (TPSA) is 84.9 Å². The van der Waals surface area contributed by atoms with Crippen molar-refractivity contribution in [2.75, 3.05) is 19.8 Å². The SMILES string of the molecule is CCOC(=O)C(CCc1ccccc1)NC1CCCCN(C(C)C(=O)OCC)C1=O. The summed E-state index contributed by atoms with van der Waals surface area (Å²) in [4.78, 5) is 39.5. The first kappa shape index (κ1) is 23.9. The Kier molecular flexibility index (Phi) is 9.80. The highest BCUT2D eigenvalue weighted by atomic mass is 16.5. The normalized spacial score (nSPS) is 19.0. The van der Waals surface area contributed by atoms with Crippen molar-refractivity contribution in [3.63, 3.8) is 0 Å². The van der Waals surface area contributed by atoms with E-state index in [1.807, 2.05) is 30.3 Å². The van der Waals surface area contributed by atoms with Crippen LogP contribution in [0.5, 0.6) is 0 Å². The van der Waals surface area contributed by atoms with Crippen molar-refractivity contribution in [1.29, 1.82) is 0 Å². The van der Waals surface area contributed by atoms with E-state index in [1.54, 1.807) is 25.7 Å². The molecule has 30 heavy (non-hydrogen) atoms. The Labute approximate surface area is 179 Å². The first-order valence-electron chi connectivity index (χ1n) is 10.9. The van der Waals surface area contributed by atoms with Gasteiger partial charge >= 0.3 is 11.9 Å². The summed E-state index contributed by atoms with van der Waals surface area (Å²) < 4.78 is 10.3. The molecule has 1 aliphatic rings. The molecule has 1 amide bonds. The Hall–Kier alpha value is -2.41. The minimum atomic E-state index is -0.648. The Morgan fingerprint density at radius 3 is 2.43 bits per heavy atom. The van der Waals surface area contributed by atoms with Crippen molar-refractivity contribution in [1.82, 2.24) is 10.2 Å². The lowest BCUT2D eigenvalue weighted by Gasteiger charge is -2.30. The lowest BCUT2D eigenvalue weighted by atomic mass is 10.0. The summed E-state index contributed by atoms with van der Waals surface area (Å²) >= 11 is 0. The molecule has 166 valence electrons. The average Bonchev–Trinajstić information content (AvgIpc) is 2.93. The van der Waals surface area contributed by atoms with Crippen LogP contribution in [0.4, 0.5) is 0 Å². The largest absolute Gasteiger partial charge is 0.465 e. The van der Waals surface area contributed by atoms with Crippen LogP contribution in [0.3, 0.4) is 0 Å².